The van der Waals surface area contributed by atoms with E-state index < -0.39 is 22.4 Å². The van der Waals surface area contributed by atoms with Crippen molar-refractivity contribution in [1.82, 2.24) is 4.31 Å². The molecule has 1 unspecified atom stereocenters. The Morgan fingerprint density at radius 2 is 2.00 bits per heavy atom. The molecule has 0 spiro atoms. The number of sulfonamides is 1. The van der Waals surface area contributed by atoms with Gasteiger partial charge in [0.25, 0.3) is 0 Å². The van der Waals surface area contributed by atoms with E-state index in [1.807, 2.05) is 6.92 Å². The van der Waals surface area contributed by atoms with E-state index in [-0.39, 0.29) is 28.1 Å². The van der Waals surface area contributed by atoms with Crippen molar-refractivity contribution >= 4 is 21.6 Å². The van der Waals surface area contributed by atoms with E-state index in [4.69, 9.17) is 16.7 Å². The number of hydrogen-bond acceptors (Lipinski definition) is 3. The number of hydrogen-bond donors (Lipinski definition) is 1. The second-order valence-electron chi connectivity index (χ2n) is 4.50. The van der Waals surface area contributed by atoms with E-state index in [9.17, 15) is 12.8 Å². The molecular formula is C13H19ClFNO3S. The van der Waals surface area contributed by atoms with Gasteiger partial charge in [-0.2, -0.15) is 4.31 Å². The highest BCUT2D eigenvalue weighted by atomic mass is 35.5. The molecule has 0 amide bonds. The zero-order valence-electron chi connectivity index (χ0n) is 11.7. The van der Waals surface area contributed by atoms with Gasteiger partial charge in [-0.05, 0) is 25.5 Å². The zero-order valence-corrected chi connectivity index (χ0v) is 13.3. The summed E-state index contributed by atoms with van der Waals surface area (Å²) in [7, 11) is -3.81. The molecule has 0 aliphatic rings. The largest absolute Gasteiger partial charge is 0.392 e. The average Bonchev–Trinajstić information content (AvgIpc) is 2.41. The third-order valence-corrected chi connectivity index (χ3v) is 5.74. The second-order valence-corrected chi connectivity index (χ2v) is 6.77. The van der Waals surface area contributed by atoms with Gasteiger partial charge in [0.1, 0.15) is 5.82 Å². The van der Waals surface area contributed by atoms with E-state index in [1.165, 1.54) is 10.4 Å². The number of halogens is 2. The Morgan fingerprint density at radius 3 is 2.45 bits per heavy atom. The maximum absolute atomic E-state index is 13.7. The number of benzene rings is 1. The van der Waals surface area contributed by atoms with Crippen LogP contribution in [0.5, 0.6) is 0 Å². The summed E-state index contributed by atoms with van der Waals surface area (Å²) in [4.78, 5) is -0.189. The Morgan fingerprint density at radius 1 is 1.40 bits per heavy atom. The number of nitrogens with zero attached hydrogens (tertiary/aromatic N) is 1. The summed E-state index contributed by atoms with van der Waals surface area (Å²) in [6.45, 7) is 5.16. The Hall–Kier alpha value is -0.690. The minimum atomic E-state index is -3.81. The molecule has 7 heteroatoms. The highest BCUT2D eigenvalue weighted by molar-refractivity contribution is 7.89. The molecule has 1 aromatic rings. The van der Waals surface area contributed by atoms with Crippen LogP contribution in [0.3, 0.4) is 0 Å². The van der Waals surface area contributed by atoms with Crippen molar-refractivity contribution in [3.05, 3.63) is 28.5 Å². The van der Waals surface area contributed by atoms with E-state index >= 15 is 0 Å². The van der Waals surface area contributed by atoms with Crippen molar-refractivity contribution in [2.75, 3.05) is 6.54 Å². The second kappa shape index (κ2) is 6.85. The van der Waals surface area contributed by atoms with Gasteiger partial charge in [-0.1, -0.05) is 25.4 Å². The average molecular weight is 324 g/mol. The van der Waals surface area contributed by atoms with Gasteiger partial charge in [0, 0.05) is 18.2 Å². The van der Waals surface area contributed by atoms with E-state index in [0.717, 1.165) is 6.07 Å². The summed E-state index contributed by atoms with van der Waals surface area (Å²) >= 11 is 5.68. The molecule has 1 rings (SSSR count). The van der Waals surface area contributed by atoms with Crippen LogP contribution < -0.4 is 0 Å². The van der Waals surface area contributed by atoms with E-state index in [2.05, 4.69) is 0 Å². The SMILES string of the molecule is CCC(C)N(CC)S(=O)(=O)c1cc(F)c(Cl)c(CO)c1. The molecule has 0 aliphatic carbocycles. The van der Waals surface area contributed by atoms with Crippen LogP contribution in [0.15, 0.2) is 17.0 Å². The van der Waals surface area contributed by atoms with Gasteiger partial charge in [-0.3, -0.25) is 0 Å². The molecule has 0 saturated heterocycles. The molecule has 1 atom stereocenters. The Kier molecular flexibility index (Phi) is 5.94. The molecule has 0 heterocycles. The quantitative estimate of drug-likeness (QED) is 0.875. The summed E-state index contributed by atoms with van der Waals surface area (Å²) in [5.74, 6) is -0.850. The predicted octanol–water partition coefficient (Wildman–Crippen LogP) is 2.78. The summed E-state index contributed by atoms with van der Waals surface area (Å²) in [5, 5.41) is 8.87. The van der Waals surface area contributed by atoms with E-state index in [0.29, 0.717) is 6.42 Å². The van der Waals surface area contributed by atoms with Crippen LogP contribution >= 0.6 is 11.6 Å². The van der Waals surface area contributed by atoms with Gasteiger partial charge >= 0.3 is 0 Å². The molecule has 114 valence electrons. The van der Waals surface area contributed by atoms with Gasteiger partial charge < -0.3 is 5.11 Å². The third kappa shape index (κ3) is 3.31. The summed E-state index contributed by atoms with van der Waals surface area (Å²) in [6, 6.07) is 1.91. The molecule has 1 N–H and O–H groups in total. The lowest BCUT2D eigenvalue weighted by Gasteiger charge is -2.26. The molecule has 0 radical (unpaired) electrons. The molecule has 0 bridgehead atoms. The molecule has 4 nitrogen and oxygen atoms in total. The first-order valence-corrected chi connectivity index (χ1v) is 8.21. The molecule has 0 aromatic heterocycles. The molecule has 1 aromatic carbocycles. The van der Waals surface area contributed by atoms with Gasteiger partial charge in [0.15, 0.2) is 0 Å². The Bertz CT molecular complexity index is 577. The van der Waals surface area contributed by atoms with Crippen molar-refractivity contribution in [3.8, 4) is 0 Å². The summed E-state index contributed by atoms with van der Waals surface area (Å²) < 4.78 is 40.0. The standard InChI is InChI=1S/C13H19ClFNO3S/c1-4-9(3)16(5-2)20(18,19)11-6-10(8-17)13(14)12(15)7-11/h6-7,9,17H,4-5,8H2,1-3H3. The van der Waals surface area contributed by atoms with Gasteiger partial charge in [0.2, 0.25) is 10.0 Å². The first-order valence-electron chi connectivity index (χ1n) is 6.40. The van der Waals surface area contributed by atoms with Gasteiger partial charge in [0.05, 0.1) is 16.5 Å². The first-order chi connectivity index (χ1) is 9.29. The maximum atomic E-state index is 13.7. The van der Waals surface area contributed by atoms with Crippen LogP contribution in [0.25, 0.3) is 0 Å². The fraction of sp³-hybridized carbons (Fsp3) is 0.538. The summed E-state index contributed by atoms with van der Waals surface area (Å²) in [5.41, 5.74) is 0.0606. The minimum Gasteiger partial charge on any atom is -0.392 e. The van der Waals surface area contributed by atoms with Crippen LogP contribution in [0.4, 0.5) is 4.39 Å². The van der Waals surface area contributed by atoms with Crippen molar-refractivity contribution in [3.63, 3.8) is 0 Å². The van der Waals surface area contributed by atoms with Crippen molar-refractivity contribution in [1.29, 1.82) is 0 Å². The lowest BCUT2D eigenvalue weighted by atomic mass is 10.2. The molecule has 20 heavy (non-hydrogen) atoms. The van der Waals surface area contributed by atoms with Crippen LogP contribution in [0.2, 0.25) is 5.02 Å². The monoisotopic (exact) mass is 323 g/mol. The Balaban J connectivity index is 3.38. The molecule has 0 saturated carbocycles. The summed E-state index contributed by atoms with van der Waals surface area (Å²) in [6.07, 6.45) is 0.649. The van der Waals surface area contributed by atoms with Crippen molar-refractivity contribution in [2.45, 2.75) is 44.7 Å². The van der Waals surface area contributed by atoms with Gasteiger partial charge in [-0.15, -0.1) is 0 Å². The Labute approximate surface area is 124 Å². The minimum absolute atomic E-state index is 0.0606. The van der Waals surface area contributed by atoms with Crippen molar-refractivity contribution in [2.24, 2.45) is 0 Å². The fourth-order valence-electron chi connectivity index (χ4n) is 1.94. The van der Waals surface area contributed by atoms with Crippen LogP contribution in [0, 0.1) is 5.82 Å². The highest BCUT2D eigenvalue weighted by Gasteiger charge is 2.28. The number of aliphatic hydroxyl groups is 1. The lowest BCUT2D eigenvalue weighted by Crippen LogP contribution is -2.38. The maximum Gasteiger partial charge on any atom is 0.243 e. The topological polar surface area (TPSA) is 57.6 Å². The van der Waals surface area contributed by atoms with Crippen LogP contribution in [-0.2, 0) is 16.6 Å². The first kappa shape index (κ1) is 17.4. The van der Waals surface area contributed by atoms with Crippen LogP contribution in [-0.4, -0.2) is 30.4 Å². The fourth-order valence-corrected chi connectivity index (χ4v) is 3.89. The predicted molar refractivity (Wildman–Crippen MR) is 76.7 cm³/mol. The number of rotatable bonds is 6. The normalized spacial score (nSPS) is 13.8. The van der Waals surface area contributed by atoms with Crippen LogP contribution in [0.1, 0.15) is 32.8 Å². The zero-order chi connectivity index (χ0) is 15.5. The lowest BCUT2D eigenvalue weighted by molar-refractivity contribution is 0.281. The third-order valence-electron chi connectivity index (χ3n) is 3.25. The molecule has 0 fully saturated rings. The highest BCUT2D eigenvalue weighted by Crippen LogP contribution is 2.27. The number of aliphatic hydroxyl groups excluding tert-OH is 1. The molecule has 0 aliphatic heterocycles. The van der Waals surface area contributed by atoms with E-state index in [1.54, 1.807) is 13.8 Å². The molecular weight excluding hydrogens is 305 g/mol. The van der Waals surface area contributed by atoms with Gasteiger partial charge in [-0.25, -0.2) is 12.8 Å². The van der Waals surface area contributed by atoms with Crippen molar-refractivity contribution < 1.29 is 17.9 Å². The smallest absolute Gasteiger partial charge is 0.243 e.